The second-order valence-electron chi connectivity index (χ2n) is 42.4. The van der Waals surface area contributed by atoms with Crippen molar-refractivity contribution in [1.29, 1.82) is 0 Å². The molecule has 4 nitrogen and oxygen atoms in total. The predicted octanol–water partition coefficient (Wildman–Crippen LogP) is 33.0. The lowest BCUT2D eigenvalue weighted by molar-refractivity contribution is 0.567. The Hall–Kier alpha value is -13.2. The fourth-order valence-corrected chi connectivity index (χ4v) is 18.3. The van der Waals surface area contributed by atoms with Crippen molar-refractivity contribution in [3.8, 4) is 83.6 Å². The molecule has 0 amide bonds. The van der Waals surface area contributed by atoms with Gasteiger partial charge in [0.15, 0.2) is 0 Å². The molecule has 1 aliphatic rings. The van der Waals surface area contributed by atoms with Gasteiger partial charge in [-0.2, -0.15) is 0 Å². The summed E-state index contributed by atoms with van der Waals surface area (Å²) in [4.78, 5) is 4.06. The van der Waals surface area contributed by atoms with Crippen LogP contribution < -0.4 is 31.5 Å². The monoisotopic (exact) mass is 1690 g/mol. The van der Waals surface area contributed by atoms with Gasteiger partial charge in [-0.1, -0.05) is 394 Å². The molecule has 18 rings (SSSR count). The number of nitrogens with zero attached hydrogens (tertiary/aromatic N) is 3. The molecule has 642 valence electrons. The van der Waals surface area contributed by atoms with Crippen LogP contribution in [0.2, 0.25) is 0 Å². The minimum Gasteiger partial charge on any atom is -0.355 e. The van der Waals surface area contributed by atoms with E-state index in [-0.39, 0.29) is 56.1 Å². The van der Waals surface area contributed by atoms with E-state index in [2.05, 4.69) is 427 Å². The van der Waals surface area contributed by atoms with Crippen LogP contribution in [0.25, 0.3) is 105 Å². The fraction of sp³-hybridized carbons (Fsp3) is 0.226. The fourth-order valence-electron chi connectivity index (χ4n) is 18.3. The summed E-state index contributed by atoms with van der Waals surface area (Å²) < 4.78 is 107. The molecule has 129 heavy (non-hydrogen) atoms. The summed E-state index contributed by atoms with van der Waals surface area (Å²) in [5.41, 5.74) is 28.1. The van der Waals surface area contributed by atoms with Gasteiger partial charge in [-0.3, -0.25) is 0 Å². The predicted molar refractivity (Wildman–Crippen MR) is 560 cm³/mol. The Morgan fingerprint density at radius 1 is 0.264 bits per heavy atom. The van der Waals surface area contributed by atoms with Crippen LogP contribution in [0, 0.1) is 0 Å². The summed E-state index contributed by atoms with van der Waals surface area (Å²) in [6.45, 7) is 47.1. The van der Waals surface area contributed by atoms with Crippen molar-refractivity contribution in [3.05, 3.63) is 397 Å². The smallest absolute Gasteiger partial charge is 0.249 e. The van der Waals surface area contributed by atoms with Gasteiger partial charge in [0.05, 0.1) is 37.5 Å². The highest BCUT2D eigenvalue weighted by molar-refractivity contribution is 6.99. The molecule has 0 spiro atoms. The van der Waals surface area contributed by atoms with Crippen molar-refractivity contribution in [2.75, 3.05) is 15.1 Å². The maximum absolute atomic E-state index is 10.4. The average molecular weight is 1690 g/mol. The number of fused-ring (bicyclic) bond motifs is 5. The van der Waals surface area contributed by atoms with Crippen LogP contribution in [0.15, 0.2) is 358 Å². The van der Waals surface area contributed by atoms with Crippen LogP contribution in [0.1, 0.15) is 199 Å². The van der Waals surface area contributed by atoms with E-state index in [9.17, 15) is 9.60 Å². The van der Waals surface area contributed by atoms with E-state index >= 15 is 0 Å². The number of anilines is 8. The first-order valence-corrected chi connectivity index (χ1v) is 45.5. The van der Waals surface area contributed by atoms with Gasteiger partial charge < -0.3 is 19.7 Å². The zero-order valence-corrected chi connectivity index (χ0v) is 78.6. The van der Waals surface area contributed by atoms with Gasteiger partial charge >= 0.3 is 0 Å². The maximum atomic E-state index is 10.4. The molecule has 17 aromatic rings. The summed E-state index contributed by atoms with van der Waals surface area (Å²) in [7, 11) is 0. The zero-order chi connectivity index (χ0) is 100. The van der Waals surface area contributed by atoms with E-state index in [1.54, 1.807) is 11.0 Å². The van der Waals surface area contributed by atoms with Gasteiger partial charge in [0.25, 0.3) is 0 Å². The number of benzene rings is 16. The number of rotatable bonds is 15. The van der Waals surface area contributed by atoms with E-state index in [0.29, 0.717) is 11.4 Å². The van der Waals surface area contributed by atoms with Crippen molar-refractivity contribution in [3.63, 3.8) is 0 Å². The highest BCUT2D eigenvalue weighted by Gasteiger charge is 2.41. The summed E-state index contributed by atoms with van der Waals surface area (Å²) in [6.07, 6.45) is 0. The summed E-state index contributed by atoms with van der Waals surface area (Å²) in [5.74, 6) is 0. The second kappa shape index (κ2) is 33.1. The van der Waals surface area contributed by atoms with E-state index in [1.807, 2.05) is 6.07 Å². The Labute approximate surface area is 784 Å². The Morgan fingerprint density at radius 2 is 0.713 bits per heavy atom. The molecule has 0 fully saturated rings. The van der Waals surface area contributed by atoms with Crippen molar-refractivity contribution in [2.45, 2.75) is 183 Å². The Bertz CT molecular complexity index is 7670. The third-order valence-electron chi connectivity index (χ3n) is 25.9. The van der Waals surface area contributed by atoms with E-state index in [4.69, 9.17) is 5.48 Å². The van der Waals surface area contributed by atoms with Crippen LogP contribution in [0.3, 0.4) is 0 Å². The van der Waals surface area contributed by atoms with Gasteiger partial charge in [0.1, 0.15) is 0 Å². The molecule has 2 heterocycles. The molecule has 0 saturated carbocycles. The lowest BCUT2D eigenvalue weighted by atomic mass is 9.34. The topological polar surface area (TPSA) is 23.4 Å². The minimum absolute atomic E-state index is 0.0560. The van der Waals surface area contributed by atoms with Crippen LogP contribution in [0.5, 0.6) is 0 Å². The van der Waals surface area contributed by atoms with Gasteiger partial charge in [-0.15, -0.1) is 0 Å². The molecule has 0 saturated heterocycles. The molecule has 1 aliphatic heterocycles. The molecule has 1 N–H and O–H groups in total. The molecule has 16 aromatic carbocycles. The van der Waals surface area contributed by atoms with Crippen molar-refractivity contribution in [2.24, 2.45) is 0 Å². The average Bonchev–Trinajstić information content (AvgIpc) is 0.856. The molecule has 5 heteroatoms. The van der Waals surface area contributed by atoms with Gasteiger partial charge in [0.2, 0.25) is 6.71 Å². The first-order valence-electron chi connectivity index (χ1n) is 51.0. The lowest BCUT2D eigenvalue weighted by Crippen LogP contribution is -2.58. The third kappa shape index (κ3) is 17.1. The molecule has 0 radical (unpaired) electrons. The molecule has 0 aliphatic carbocycles. The quantitative estimate of drug-likeness (QED) is 0.104. The minimum atomic E-state index is -0.657. The first-order chi connectivity index (χ1) is 65.9. The van der Waals surface area contributed by atoms with E-state index in [0.717, 1.165) is 150 Å². The standard InChI is InChI=1S/C124H123BN4/c1-118(2,3)91-58-63-109-114(79-91)129(117-105(85-46-33-25-34-47-85)77-97(124(19,20)21)78-106(117)89-49-39-48-86(66-89)87-57-65-113-107(69-87)102-52-37-38-53-112(102)128(113)101-73-94(121(10,11)12)72-95(74-101)122(13,14)15)115-80-100(127(98-50-35-26-36-51-98)99-59-54-82(55-60-99)81-40-27-22-28-41-81)61-64-110(115)125(109)108-62-56-88(90-67-92(119(4,5)6)71-93(68-90)120(7,8)9)70-111(108)126-116-103(83-42-29-23-30-43-83)75-96(123(16,17)18)76-104(116)84-44-31-24-32-45-84/h22-80,126H,1-21H3/i22D,26D,27D,28D,35D,40D,41D,50D,54D,55D,59D. The third-order valence-corrected chi connectivity index (χ3v) is 25.9. The van der Waals surface area contributed by atoms with Crippen LogP contribution >= 0.6 is 0 Å². The first kappa shape index (κ1) is 73.8. The normalized spacial score (nSPS) is 14.0. The molecule has 1 aromatic heterocycles. The molecule has 0 bridgehead atoms. The molecular weight excluding hydrogens is 1560 g/mol. The zero-order valence-electron chi connectivity index (χ0n) is 89.6. The second-order valence-corrected chi connectivity index (χ2v) is 42.4. The maximum Gasteiger partial charge on any atom is 0.249 e. The number of nitrogens with one attached hydrogen (secondary N) is 1. The van der Waals surface area contributed by atoms with Crippen molar-refractivity contribution in [1.82, 2.24) is 4.57 Å². The highest BCUT2D eigenvalue weighted by atomic mass is 15.2. The molecule has 0 unspecified atom stereocenters. The SMILES string of the molecule is [2H]c1ccc(N(c2ccc3c(c2)N(c2c(-c4ccccc4)cc(C(C)(C)C)cc2-c2cccc(-c4ccc5c(c4)c4ccccc4n5-c4cc(C(C)(C)C)cc(C(C)(C)C)c4)c2)c2cc(C(C)(C)C)ccc2B3c2ccc(-c3cc(C(C)(C)C)cc(C(C)(C)C)c3)cc2Nc2c(-c3ccccc3)cc(C(C)(C)C)cc2-c2ccccc2)c2cc([2H])c(-c3c([2H])c([2H])c([2H])c([2H])c3[2H])c([2H])c2[2H])c([2H])c1[2H]. The summed E-state index contributed by atoms with van der Waals surface area (Å²) in [6, 6.07) is 99.1. The van der Waals surface area contributed by atoms with Crippen LogP contribution in [0.4, 0.5) is 45.5 Å². The van der Waals surface area contributed by atoms with Crippen LogP contribution in [-0.2, 0) is 37.9 Å². The Kier molecular flexibility index (Phi) is 19.0. The summed E-state index contributed by atoms with van der Waals surface area (Å²) >= 11 is 0. The van der Waals surface area contributed by atoms with Crippen molar-refractivity contribution >= 4 is 90.4 Å². The molecule has 0 atom stereocenters. The van der Waals surface area contributed by atoms with Gasteiger partial charge in [0, 0.05) is 72.8 Å². The van der Waals surface area contributed by atoms with Gasteiger partial charge in [-0.25, -0.2) is 0 Å². The Balaban J connectivity index is 0.973. The van der Waals surface area contributed by atoms with Crippen LogP contribution in [-0.4, -0.2) is 11.3 Å². The van der Waals surface area contributed by atoms with E-state index < -0.39 is 77.5 Å². The highest BCUT2D eigenvalue weighted by Crippen LogP contribution is 2.54. The molecular formula is C124H123BN4. The Morgan fingerprint density at radius 3 is 1.30 bits per heavy atom. The number of para-hydroxylation sites is 2. The largest absolute Gasteiger partial charge is 0.355 e. The van der Waals surface area contributed by atoms with Crippen molar-refractivity contribution < 1.29 is 15.1 Å². The van der Waals surface area contributed by atoms with Gasteiger partial charge in [-0.05, 0) is 258 Å². The number of hydrogen-bond acceptors (Lipinski definition) is 3. The number of hydrogen-bond donors (Lipinski definition) is 1. The number of aromatic nitrogens is 1. The summed E-state index contributed by atoms with van der Waals surface area (Å²) in [5, 5.41) is 6.67. The lowest BCUT2D eigenvalue weighted by Gasteiger charge is -2.41. The van der Waals surface area contributed by atoms with E-state index in [1.165, 1.54) is 34.4 Å².